The van der Waals surface area contributed by atoms with E-state index < -0.39 is 23.3 Å². The molecular formula is C16H17ClN2O5. The summed E-state index contributed by atoms with van der Waals surface area (Å²) in [5, 5.41) is 0.489. The molecule has 2 aromatic rings. The maximum absolute atomic E-state index is 12.0. The lowest BCUT2D eigenvalue weighted by atomic mass is 10.3. The highest BCUT2D eigenvalue weighted by molar-refractivity contribution is 6.30. The molecule has 0 N–H and O–H groups in total. The van der Waals surface area contributed by atoms with Gasteiger partial charge >= 0.3 is 11.7 Å². The molecule has 1 aromatic heterocycles. The zero-order valence-corrected chi connectivity index (χ0v) is 14.2. The Labute approximate surface area is 143 Å². The number of hydrogen-bond acceptors (Lipinski definition) is 5. The van der Waals surface area contributed by atoms with E-state index in [0.717, 1.165) is 4.57 Å². The number of halogens is 1. The second-order valence-corrected chi connectivity index (χ2v) is 5.64. The van der Waals surface area contributed by atoms with Crippen LogP contribution in [0.1, 0.15) is 12.6 Å². The lowest BCUT2D eigenvalue weighted by Gasteiger charge is -2.15. The van der Waals surface area contributed by atoms with Gasteiger partial charge < -0.3 is 9.47 Å². The number of nitrogens with zero attached hydrogens (tertiary/aromatic N) is 2. The molecule has 0 spiro atoms. The number of rotatable bonds is 5. The average Bonchev–Trinajstić information content (AvgIpc) is 2.54. The summed E-state index contributed by atoms with van der Waals surface area (Å²) in [6, 6.07) is 7.88. The van der Waals surface area contributed by atoms with Crippen molar-refractivity contribution >= 4 is 17.6 Å². The summed E-state index contributed by atoms with van der Waals surface area (Å²) in [6.45, 7) is 1.33. The molecule has 0 amide bonds. The molecule has 1 unspecified atom stereocenters. The minimum Gasteiger partial charge on any atom is -0.479 e. The largest absolute Gasteiger partial charge is 0.479 e. The van der Waals surface area contributed by atoms with Crippen LogP contribution in [0.25, 0.3) is 0 Å². The van der Waals surface area contributed by atoms with Crippen LogP contribution in [0.4, 0.5) is 0 Å². The first-order valence-corrected chi connectivity index (χ1v) is 7.52. The van der Waals surface area contributed by atoms with E-state index in [2.05, 4.69) is 0 Å². The fourth-order valence-corrected chi connectivity index (χ4v) is 2.15. The van der Waals surface area contributed by atoms with Crippen LogP contribution in [0.5, 0.6) is 5.75 Å². The van der Waals surface area contributed by atoms with Gasteiger partial charge in [-0.3, -0.25) is 13.9 Å². The molecule has 0 aliphatic heterocycles. The summed E-state index contributed by atoms with van der Waals surface area (Å²) in [5.74, 6) is -0.184. The van der Waals surface area contributed by atoms with Crippen LogP contribution >= 0.6 is 11.6 Å². The smallest absolute Gasteiger partial charge is 0.347 e. The average molecular weight is 353 g/mol. The Kier molecular flexibility index (Phi) is 5.46. The molecule has 1 heterocycles. The van der Waals surface area contributed by atoms with E-state index in [4.69, 9.17) is 21.1 Å². The number of esters is 1. The lowest BCUT2D eigenvalue weighted by Crippen LogP contribution is -2.38. The first-order chi connectivity index (χ1) is 11.3. The van der Waals surface area contributed by atoms with E-state index in [1.807, 2.05) is 0 Å². The predicted molar refractivity (Wildman–Crippen MR) is 88.3 cm³/mol. The standard InChI is InChI=1S/C16H17ClN2O5/c1-10(24-13-6-4-5-11(17)7-13)15(21)23-9-12-8-14(20)19(3)16(22)18(12)2/h4-8,10H,9H2,1-3H3. The topological polar surface area (TPSA) is 79.5 Å². The van der Waals surface area contributed by atoms with Crippen molar-refractivity contribution in [3.8, 4) is 5.75 Å². The Morgan fingerprint density at radius 2 is 1.92 bits per heavy atom. The lowest BCUT2D eigenvalue weighted by molar-refractivity contribution is -0.152. The zero-order chi connectivity index (χ0) is 17.9. The summed E-state index contributed by atoms with van der Waals surface area (Å²) in [5.41, 5.74) is -0.657. The Bertz CT molecular complexity index is 872. The highest BCUT2D eigenvalue weighted by atomic mass is 35.5. The van der Waals surface area contributed by atoms with Gasteiger partial charge in [-0.2, -0.15) is 0 Å². The van der Waals surface area contributed by atoms with Crippen molar-refractivity contribution in [2.24, 2.45) is 14.1 Å². The van der Waals surface area contributed by atoms with E-state index in [1.165, 1.54) is 31.7 Å². The third kappa shape index (κ3) is 4.05. The van der Waals surface area contributed by atoms with Crippen LogP contribution in [-0.4, -0.2) is 21.2 Å². The van der Waals surface area contributed by atoms with Gasteiger partial charge in [-0.1, -0.05) is 17.7 Å². The van der Waals surface area contributed by atoms with Crippen LogP contribution in [0, 0.1) is 0 Å². The highest BCUT2D eigenvalue weighted by Gasteiger charge is 2.17. The molecular weight excluding hydrogens is 336 g/mol. The molecule has 0 bridgehead atoms. The number of ether oxygens (including phenoxy) is 2. The molecule has 2 rings (SSSR count). The summed E-state index contributed by atoms with van der Waals surface area (Å²) in [7, 11) is 2.87. The molecule has 8 heteroatoms. The molecule has 0 aliphatic carbocycles. The van der Waals surface area contributed by atoms with Gasteiger partial charge in [-0.05, 0) is 25.1 Å². The normalized spacial score (nSPS) is 11.8. The van der Waals surface area contributed by atoms with Crippen molar-refractivity contribution in [3.63, 3.8) is 0 Å². The van der Waals surface area contributed by atoms with Gasteiger partial charge in [-0.15, -0.1) is 0 Å². The molecule has 0 saturated carbocycles. The van der Waals surface area contributed by atoms with Crippen molar-refractivity contribution < 1.29 is 14.3 Å². The van der Waals surface area contributed by atoms with Crippen molar-refractivity contribution in [1.29, 1.82) is 0 Å². The van der Waals surface area contributed by atoms with Gasteiger partial charge in [0, 0.05) is 25.2 Å². The van der Waals surface area contributed by atoms with E-state index in [0.29, 0.717) is 16.5 Å². The van der Waals surface area contributed by atoms with Gasteiger partial charge in [0.1, 0.15) is 12.4 Å². The first-order valence-electron chi connectivity index (χ1n) is 7.14. The predicted octanol–water partition coefficient (Wildman–Crippen LogP) is 1.25. The molecule has 0 fully saturated rings. The van der Waals surface area contributed by atoms with Gasteiger partial charge in [0.2, 0.25) is 0 Å². The molecule has 0 radical (unpaired) electrons. The van der Waals surface area contributed by atoms with Crippen molar-refractivity contribution in [3.05, 3.63) is 61.9 Å². The number of hydrogen-bond donors (Lipinski definition) is 0. The maximum atomic E-state index is 12.0. The molecule has 0 aliphatic rings. The van der Waals surface area contributed by atoms with Crippen LogP contribution < -0.4 is 16.0 Å². The summed E-state index contributed by atoms with van der Waals surface area (Å²) < 4.78 is 12.8. The summed E-state index contributed by atoms with van der Waals surface area (Å²) >= 11 is 5.85. The minimum absolute atomic E-state index is 0.204. The number of carbonyl (C=O) groups excluding carboxylic acids is 1. The van der Waals surface area contributed by atoms with Crippen molar-refractivity contribution in [2.75, 3.05) is 0 Å². The van der Waals surface area contributed by atoms with Gasteiger partial charge in [0.25, 0.3) is 5.56 Å². The quantitative estimate of drug-likeness (QED) is 0.757. The van der Waals surface area contributed by atoms with E-state index in [1.54, 1.807) is 24.3 Å². The van der Waals surface area contributed by atoms with Crippen LogP contribution in [0.15, 0.2) is 39.9 Å². The second-order valence-electron chi connectivity index (χ2n) is 5.20. The Morgan fingerprint density at radius 3 is 2.58 bits per heavy atom. The molecule has 1 aromatic carbocycles. The zero-order valence-electron chi connectivity index (χ0n) is 13.5. The Balaban J connectivity index is 2.03. The molecule has 128 valence electrons. The SMILES string of the molecule is CC(Oc1cccc(Cl)c1)C(=O)OCc1cc(=O)n(C)c(=O)n1C. The van der Waals surface area contributed by atoms with E-state index in [-0.39, 0.29) is 6.61 Å². The van der Waals surface area contributed by atoms with Crippen molar-refractivity contribution in [2.45, 2.75) is 19.6 Å². The fraction of sp³-hybridized carbons (Fsp3) is 0.312. The monoisotopic (exact) mass is 352 g/mol. The first kappa shape index (κ1) is 17.8. The fourth-order valence-electron chi connectivity index (χ4n) is 1.97. The van der Waals surface area contributed by atoms with Crippen LogP contribution in [0.3, 0.4) is 0 Å². The number of carbonyl (C=O) groups is 1. The summed E-state index contributed by atoms with van der Waals surface area (Å²) in [4.78, 5) is 35.4. The molecule has 0 saturated heterocycles. The minimum atomic E-state index is -0.868. The Hall–Kier alpha value is -2.54. The van der Waals surface area contributed by atoms with Gasteiger partial charge in [-0.25, -0.2) is 9.59 Å². The van der Waals surface area contributed by atoms with Gasteiger partial charge in [0.05, 0.1) is 5.69 Å². The third-order valence-electron chi connectivity index (χ3n) is 3.43. The second kappa shape index (κ2) is 7.35. The third-order valence-corrected chi connectivity index (χ3v) is 3.66. The highest BCUT2D eigenvalue weighted by Crippen LogP contribution is 2.18. The molecule has 7 nitrogen and oxygen atoms in total. The number of benzene rings is 1. The van der Waals surface area contributed by atoms with Crippen molar-refractivity contribution in [1.82, 2.24) is 9.13 Å². The summed E-state index contributed by atoms with van der Waals surface area (Å²) in [6.07, 6.45) is -0.868. The van der Waals surface area contributed by atoms with E-state index in [9.17, 15) is 14.4 Å². The maximum Gasteiger partial charge on any atom is 0.347 e. The van der Waals surface area contributed by atoms with Crippen LogP contribution in [-0.2, 0) is 30.2 Å². The number of aromatic nitrogens is 2. The van der Waals surface area contributed by atoms with Crippen LogP contribution in [0.2, 0.25) is 5.02 Å². The molecule has 1 atom stereocenters. The Morgan fingerprint density at radius 1 is 1.21 bits per heavy atom. The molecule has 24 heavy (non-hydrogen) atoms. The van der Waals surface area contributed by atoms with E-state index >= 15 is 0 Å². The van der Waals surface area contributed by atoms with Gasteiger partial charge in [0.15, 0.2) is 6.10 Å².